The van der Waals surface area contributed by atoms with Crippen LogP contribution in [0.1, 0.15) is 87.0 Å². The molecule has 2 atom stereocenters. The van der Waals surface area contributed by atoms with E-state index < -0.39 is 41.7 Å². The molecule has 252 valence electrons. The number of hydrogen-bond donors (Lipinski definition) is 3. The van der Waals surface area contributed by atoms with Crippen molar-refractivity contribution in [3.05, 3.63) is 89.2 Å². The van der Waals surface area contributed by atoms with Crippen LogP contribution in [0.5, 0.6) is 0 Å². The monoisotopic (exact) mass is 666 g/mol. The minimum absolute atomic E-state index is 0.0824. The molecule has 47 heavy (non-hydrogen) atoms. The van der Waals surface area contributed by atoms with Crippen LogP contribution in [0.2, 0.25) is 0 Å². The quantitative estimate of drug-likeness (QED) is 0.123. The van der Waals surface area contributed by atoms with E-state index in [1.54, 1.807) is 36.4 Å². The van der Waals surface area contributed by atoms with Gasteiger partial charge in [-0.15, -0.1) is 0 Å². The molecular weight excluding hydrogens is 623 g/mol. The molecule has 10 nitrogen and oxygen atoms in total. The number of pyridine rings is 1. The predicted molar refractivity (Wildman–Crippen MR) is 178 cm³/mol. The largest absolute Gasteiger partial charge is 0.456 e. The normalized spacial score (nSPS) is 18.8. The van der Waals surface area contributed by atoms with Crippen molar-refractivity contribution in [2.45, 2.75) is 90.3 Å². The molecule has 1 aliphatic rings. The third-order valence-corrected chi connectivity index (χ3v) is 8.26. The lowest BCUT2D eigenvalue weighted by atomic mass is 10.1. The first-order valence-corrected chi connectivity index (χ1v) is 17.0. The number of thioether (sulfide) groups is 1. The Balaban J connectivity index is 1.79. The van der Waals surface area contributed by atoms with Crippen molar-refractivity contribution in [2.75, 3.05) is 5.75 Å². The van der Waals surface area contributed by atoms with Gasteiger partial charge in [0.05, 0.1) is 18.7 Å². The first kappa shape index (κ1) is 37.1. The highest BCUT2D eigenvalue weighted by Gasteiger charge is 2.28. The van der Waals surface area contributed by atoms with E-state index in [1.807, 2.05) is 6.07 Å². The number of carbonyl (C=O) groups excluding carboxylic acids is 5. The highest BCUT2D eigenvalue weighted by molar-refractivity contribution is 8.13. The predicted octanol–water partition coefficient (Wildman–Crippen LogP) is 5.08. The van der Waals surface area contributed by atoms with Gasteiger partial charge in [0, 0.05) is 18.6 Å². The number of allylic oxidation sites excluding steroid dienone is 2. The zero-order valence-electron chi connectivity index (χ0n) is 26.9. The minimum Gasteiger partial charge on any atom is -0.456 e. The van der Waals surface area contributed by atoms with E-state index >= 15 is 0 Å². The Kier molecular flexibility index (Phi) is 15.8. The molecule has 3 N–H and O–H groups in total. The molecule has 3 rings (SSSR count). The summed E-state index contributed by atoms with van der Waals surface area (Å²) in [6.07, 6.45) is 9.86. The van der Waals surface area contributed by atoms with Crippen molar-refractivity contribution in [3.63, 3.8) is 0 Å². The molecule has 12 heteroatoms. The summed E-state index contributed by atoms with van der Waals surface area (Å²) in [6.45, 7) is 3.37. The molecule has 0 unspecified atom stereocenters. The smallest absolute Gasteiger partial charge is 0.329 e. The Morgan fingerprint density at radius 3 is 2.55 bits per heavy atom. The molecule has 2 heterocycles. The highest BCUT2D eigenvalue weighted by Crippen LogP contribution is 2.15. The number of rotatable bonds is 12. The molecule has 2 bridgehead atoms. The van der Waals surface area contributed by atoms with E-state index in [-0.39, 0.29) is 41.6 Å². The first-order chi connectivity index (χ1) is 22.7. The van der Waals surface area contributed by atoms with Crippen LogP contribution in [-0.4, -0.2) is 51.7 Å². The number of benzene rings is 1. The average Bonchev–Trinajstić information content (AvgIpc) is 3.06. The maximum atomic E-state index is 14.5. The molecule has 3 amide bonds. The zero-order valence-corrected chi connectivity index (χ0v) is 27.7. The summed E-state index contributed by atoms with van der Waals surface area (Å²) in [7, 11) is 0. The Morgan fingerprint density at radius 1 is 1.04 bits per heavy atom. The number of nitrogens with one attached hydrogen (secondary N) is 3. The highest BCUT2D eigenvalue weighted by atomic mass is 32.2. The molecule has 0 fully saturated rings. The van der Waals surface area contributed by atoms with E-state index in [4.69, 9.17) is 4.74 Å². The van der Waals surface area contributed by atoms with Crippen LogP contribution in [0, 0.1) is 5.82 Å². The number of fused-ring (bicyclic) bond motifs is 2. The number of amides is 3. The number of cyclic esters (lactones) is 1. The summed E-state index contributed by atoms with van der Waals surface area (Å²) >= 11 is 1.25. The van der Waals surface area contributed by atoms with Crippen LogP contribution in [-0.2, 0) is 36.9 Å². The fourth-order valence-electron chi connectivity index (χ4n) is 4.71. The molecule has 0 spiro atoms. The maximum absolute atomic E-state index is 14.5. The Hall–Kier alpha value is -4.32. The van der Waals surface area contributed by atoms with Crippen LogP contribution in [0.3, 0.4) is 0 Å². The van der Waals surface area contributed by atoms with Gasteiger partial charge < -0.3 is 20.7 Å². The second-order valence-electron chi connectivity index (χ2n) is 11.1. The summed E-state index contributed by atoms with van der Waals surface area (Å²) in [6, 6.07) is 10.1. The number of esters is 1. The Labute approximate surface area is 279 Å². The molecule has 0 radical (unpaired) electrons. The molecular formula is C35H43FN4O6S. The first-order valence-electron chi connectivity index (χ1n) is 16.0. The van der Waals surface area contributed by atoms with Crippen molar-refractivity contribution < 1.29 is 33.1 Å². The zero-order chi connectivity index (χ0) is 34.0. The Bertz CT molecular complexity index is 1450. The minimum atomic E-state index is -1.16. The number of aromatic nitrogens is 1. The van der Waals surface area contributed by atoms with Crippen LogP contribution in [0.25, 0.3) is 0 Å². The lowest BCUT2D eigenvalue weighted by Gasteiger charge is -2.22. The van der Waals surface area contributed by atoms with Crippen molar-refractivity contribution in [2.24, 2.45) is 0 Å². The fraction of sp³-hybridized carbons (Fsp3) is 0.429. The van der Waals surface area contributed by atoms with Gasteiger partial charge in [-0.1, -0.05) is 86.9 Å². The van der Waals surface area contributed by atoms with Crippen LogP contribution in [0.4, 0.5) is 4.39 Å². The fourth-order valence-corrected chi connectivity index (χ4v) is 5.48. The van der Waals surface area contributed by atoms with Crippen molar-refractivity contribution >= 4 is 40.6 Å². The number of ether oxygens (including phenoxy) is 1. The third-order valence-electron chi connectivity index (χ3n) is 7.30. The maximum Gasteiger partial charge on any atom is 0.329 e. The van der Waals surface area contributed by atoms with Crippen molar-refractivity contribution in [3.8, 4) is 0 Å². The summed E-state index contributed by atoms with van der Waals surface area (Å²) in [5.74, 6) is -3.06. The van der Waals surface area contributed by atoms with Gasteiger partial charge in [0.2, 0.25) is 5.91 Å². The van der Waals surface area contributed by atoms with Crippen molar-refractivity contribution in [1.29, 1.82) is 0 Å². The topological polar surface area (TPSA) is 144 Å². The van der Waals surface area contributed by atoms with Gasteiger partial charge in [0.25, 0.3) is 11.8 Å². The molecule has 0 aliphatic carbocycles. The average molecular weight is 667 g/mol. The number of carbonyl (C=O) groups is 5. The van der Waals surface area contributed by atoms with E-state index in [9.17, 15) is 28.4 Å². The van der Waals surface area contributed by atoms with Gasteiger partial charge in [0.1, 0.15) is 29.4 Å². The van der Waals surface area contributed by atoms with Crippen molar-refractivity contribution in [1.82, 2.24) is 20.9 Å². The van der Waals surface area contributed by atoms with Gasteiger partial charge in [-0.3, -0.25) is 19.2 Å². The van der Waals surface area contributed by atoms with Gasteiger partial charge in [-0.25, -0.2) is 14.2 Å². The van der Waals surface area contributed by atoms with Crippen LogP contribution < -0.4 is 16.0 Å². The molecule has 1 aromatic carbocycles. The molecule has 1 aliphatic heterocycles. The summed E-state index contributed by atoms with van der Waals surface area (Å²) < 4.78 is 20.2. The van der Waals surface area contributed by atoms with E-state index in [2.05, 4.69) is 27.9 Å². The SMILES string of the molecule is C/C=C1\NC(=O)c2ccc(F)c(n2)CNC(=O)C[C@@H](/C=C/CCSC(=O)CCCCCCC)OC(=O)[C@H](Cc2ccccc2)NC1=O. The van der Waals surface area contributed by atoms with Gasteiger partial charge >= 0.3 is 5.97 Å². The lowest BCUT2D eigenvalue weighted by Crippen LogP contribution is -2.47. The third kappa shape index (κ3) is 13.1. The van der Waals surface area contributed by atoms with Crippen LogP contribution >= 0.6 is 11.8 Å². The molecule has 0 saturated carbocycles. The molecule has 0 saturated heterocycles. The van der Waals surface area contributed by atoms with Crippen LogP contribution in [0.15, 0.2) is 66.4 Å². The summed E-state index contributed by atoms with van der Waals surface area (Å²) in [4.78, 5) is 68.9. The standard InChI is InChI=1S/C35H43FN4O6S/c1-3-5-6-7-11-17-32(42)47-20-13-12-16-25-22-31(41)37-23-30-26(36)18-19-28(38-30)34(44)39-27(4-2)33(43)40-29(35(45)46-25)21-24-14-9-8-10-15-24/h4,8-10,12,14-16,18-19,25,29H,3,5-7,11,13,17,20-23H2,1-2H3,(H,37,41)(H,39,44)(H,40,43)/b16-12+,27-4-/t25-,29+/m1/s1. The number of nitrogens with zero attached hydrogens (tertiary/aromatic N) is 1. The second kappa shape index (κ2) is 20.0. The number of hydrogen-bond acceptors (Lipinski definition) is 8. The molecule has 2 aromatic rings. The summed E-state index contributed by atoms with van der Waals surface area (Å²) in [5, 5.41) is 7.80. The van der Waals surface area contributed by atoms with E-state index in [0.717, 1.165) is 37.3 Å². The van der Waals surface area contributed by atoms with Gasteiger partial charge in [0.15, 0.2) is 5.12 Å². The second-order valence-corrected chi connectivity index (χ2v) is 12.2. The summed E-state index contributed by atoms with van der Waals surface area (Å²) in [5.41, 5.74) is 0.265. The Morgan fingerprint density at radius 2 is 1.81 bits per heavy atom. The molecule has 1 aromatic heterocycles. The van der Waals surface area contributed by atoms with E-state index in [0.29, 0.717) is 18.6 Å². The number of unbranched alkanes of at least 4 members (excludes halogenated alkanes) is 4. The lowest BCUT2D eigenvalue weighted by molar-refractivity contribution is -0.151. The van der Waals surface area contributed by atoms with Gasteiger partial charge in [-0.05, 0) is 43.5 Å². The number of halogens is 1. The van der Waals surface area contributed by atoms with E-state index in [1.165, 1.54) is 37.2 Å². The van der Waals surface area contributed by atoms with Gasteiger partial charge in [-0.2, -0.15) is 0 Å².